The Morgan fingerprint density at radius 2 is 1.69 bits per heavy atom. The van der Waals surface area contributed by atoms with Crippen LogP contribution in [-0.2, 0) is 6.54 Å². The quantitative estimate of drug-likeness (QED) is 0.709. The molecule has 3 aromatic rings. The monoisotopic (exact) mass is 354 g/mol. The minimum absolute atomic E-state index is 0.105. The number of ether oxygens (including phenoxy) is 3. The number of rotatable bonds is 6. The van der Waals surface area contributed by atoms with E-state index in [1.165, 1.54) is 0 Å². The molecule has 3 rings (SSSR count). The van der Waals surface area contributed by atoms with Crippen LogP contribution in [0.15, 0.2) is 41.2 Å². The number of hydrogen-bond donors (Lipinski definition) is 2. The molecule has 2 aromatic carbocycles. The van der Waals surface area contributed by atoms with Crippen molar-refractivity contribution in [2.45, 2.75) is 13.5 Å². The van der Waals surface area contributed by atoms with Gasteiger partial charge in [0.2, 0.25) is 5.75 Å². The standard InChI is InChI=1S/C20H22N2O4/c1-12-6-5-7-13-8-14(20(23)22-18(12)13)11-21-15-9-16(24-2)19(26-4)17(10-15)25-3/h5-10,21H,11H2,1-4H3,(H,22,23). The third-order valence-electron chi connectivity index (χ3n) is 4.31. The highest BCUT2D eigenvalue weighted by atomic mass is 16.5. The van der Waals surface area contributed by atoms with Crippen molar-refractivity contribution in [3.05, 3.63) is 57.9 Å². The molecule has 0 aliphatic carbocycles. The van der Waals surface area contributed by atoms with Crippen LogP contribution in [0, 0.1) is 6.92 Å². The maximum Gasteiger partial charge on any atom is 0.253 e. The molecule has 26 heavy (non-hydrogen) atoms. The van der Waals surface area contributed by atoms with Crippen LogP contribution in [0.2, 0.25) is 0 Å². The zero-order chi connectivity index (χ0) is 18.7. The summed E-state index contributed by atoms with van der Waals surface area (Å²) < 4.78 is 16.0. The molecule has 0 unspecified atom stereocenters. The van der Waals surface area contributed by atoms with Gasteiger partial charge in [0.25, 0.3) is 5.56 Å². The van der Waals surface area contributed by atoms with Crippen molar-refractivity contribution in [3.8, 4) is 17.2 Å². The number of hydrogen-bond acceptors (Lipinski definition) is 5. The van der Waals surface area contributed by atoms with Crippen LogP contribution in [0.1, 0.15) is 11.1 Å². The zero-order valence-corrected chi connectivity index (χ0v) is 15.3. The number of anilines is 1. The van der Waals surface area contributed by atoms with Crippen molar-refractivity contribution in [1.82, 2.24) is 4.98 Å². The Labute approximate surface area is 151 Å². The summed E-state index contributed by atoms with van der Waals surface area (Å²) in [5.74, 6) is 1.63. The number of nitrogens with one attached hydrogen (secondary N) is 2. The lowest BCUT2D eigenvalue weighted by Gasteiger charge is -2.15. The first-order valence-corrected chi connectivity index (χ1v) is 8.22. The highest BCUT2D eigenvalue weighted by Gasteiger charge is 2.13. The highest BCUT2D eigenvalue weighted by molar-refractivity contribution is 5.82. The number of fused-ring (bicyclic) bond motifs is 1. The van der Waals surface area contributed by atoms with Gasteiger partial charge in [0.1, 0.15) is 0 Å². The van der Waals surface area contributed by atoms with E-state index in [9.17, 15) is 4.79 Å². The summed E-state index contributed by atoms with van der Waals surface area (Å²) in [5, 5.41) is 4.25. The first-order valence-electron chi connectivity index (χ1n) is 8.22. The number of methoxy groups -OCH3 is 3. The second-order valence-electron chi connectivity index (χ2n) is 5.93. The molecule has 0 fully saturated rings. The maximum absolute atomic E-state index is 12.4. The topological polar surface area (TPSA) is 72.6 Å². The number of aromatic amines is 1. The molecule has 2 N–H and O–H groups in total. The number of aryl methyl sites for hydroxylation is 1. The Kier molecular flexibility index (Phi) is 5.02. The van der Waals surface area contributed by atoms with E-state index in [0.717, 1.165) is 22.2 Å². The lowest BCUT2D eigenvalue weighted by molar-refractivity contribution is 0.324. The zero-order valence-electron chi connectivity index (χ0n) is 15.3. The fourth-order valence-corrected chi connectivity index (χ4v) is 2.94. The molecule has 0 spiro atoms. The maximum atomic E-state index is 12.4. The number of H-pyrrole nitrogens is 1. The number of para-hydroxylation sites is 1. The van der Waals surface area contributed by atoms with Gasteiger partial charge in [-0.25, -0.2) is 0 Å². The second kappa shape index (κ2) is 7.39. The van der Waals surface area contributed by atoms with E-state index in [1.54, 1.807) is 33.5 Å². The van der Waals surface area contributed by atoms with Gasteiger partial charge in [0, 0.05) is 29.9 Å². The van der Waals surface area contributed by atoms with E-state index in [2.05, 4.69) is 10.3 Å². The SMILES string of the molecule is COc1cc(NCc2cc3cccc(C)c3[nH]c2=O)cc(OC)c1OC. The predicted octanol–water partition coefficient (Wildman–Crippen LogP) is 3.47. The van der Waals surface area contributed by atoms with Crippen molar-refractivity contribution in [3.63, 3.8) is 0 Å². The average Bonchev–Trinajstić information content (AvgIpc) is 2.66. The van der Waals surface area contributed by atoms with Gasteiger partial charge >= 0.3 is 0 Å². The van der Waals surface area contributed by atoms with Crippen LogP contribution >= 0.6 is 0 Å². The summed E-state index contributed by atoms with van der Waals surface area (Å²) >= 11 is 0. The molecule has 0 amide bonds. The minimum atomic E-state index is -0.105. The minimum Gasteiger partial charge on any atom is -0.493 e. The third-order valence-corrected chi connectivity index (χ3v) is 4.31. The largest absolute Gasteiger partial charge is 0.493 e. The first kappa shape index (κ1) is 17.7. The van der Waals surface area contributed by atoms with E-state index in [4.69, 9.17) is 14.2 Å². The second-order valence-corrected chi connectivity index (χ2v) is 5.93. The Balaban J connectivity index is 1.91. The fraction of sp³-hybridized carbons (Fsp3) is 0.250. The normalized spacial score (nSPS) is 10.6. The Hall–Kier alpha value is -3.15. The molecule has 0 bridgehead atoms. The van der Waals surface area contributed by atoms with Gasteiger partial charge in [-0.3, -0.25) is 4.79 Å². The predicted molar refractivity (Wildman–Crippen MR) is 103 cm³/mol. The van der Waals surface area contributed by atoms with E-state index < -0.39 is 0 Å². The summed E-state index contributed by atoms with van der Waals surface area (Å²) in [6, 6.07) is 11.5. The van der Waals surface area contributed by atoms with Gasteiger partial charge in [0.05, 0.1) is 26.8 Å². The van der Waals surface area contributed by atoms with E-state index in [-0.39, 0.29) is 5.56 Å². The van der Waals surface area contributed by atoms with Gasteiger partial charge in [0.15, 0.2) is 11.5 Å². The van der Waals surface area contributed by atoms with Crippen molar-refractivity contribution in [1.29, 1.82) is 0 Å². The fourth-order valence-electron chi connectivity index (χ4n) is 2.94. The summed E-state index contributed by atoms with van der Waals surface area (Å²) in [5.41, 5.74) is 3.23. The van der Waals surface area contributed by atoms with Gasteiger partial charge in [-0.15, -0.1) is 0 Å². The first-order chi connectivity index (χ1) is 12.6. The van der Waals surface area contributed by atoms with Crippen molar-refractivity contribution >= 4 is 16.6 Å². The molecular formula is C20H22N2O4. The molecule has 0 saturated carbocycles. The molecule has 0 radical (unpaired) electrons. The molecule has 1 aromatic heterocycles. The van der Waals surface area contributed by atoms with Crippen LogP contribution in [0.3, 0.4) is 0 Å². The van der Waals surface area contributed by atoms with Crippen LogP contribution in [0.5, 0.6) is 17.2 Å². The Morgan fingerprint density at radius 3 is 2.31 bits per heavy atom. The van der Waals surface area contributed by atoms with Gasteiger partial charge in [-0.1, -0.05) is 18.2 Å². The van der Waals surface area contributed by atoms with Gasteiger partial charge in [-0.2, -0.15) is 0 Å². The lowest BCUT2D eigenvalue weighted by atomic mass is 10.1. The molecule has 0 atom stereocenters. The van der Waals surface area contributed by atoms with Crippen LogP contribution in [-0.4, -0.2) is 26.3 Å². The van der Waals surface area contributed by atoms with Crippen molar-refractivity contribution in [2.24, 2.45) is 0 Å². The summed E-state index contributed by atoms with van der Waals surface area (Å²) in [4.78, 5) is 15.3. The van der Waals surface area contributed by atoms with Gasteiger partial charge < -0.3 is 24.5 Å². The number of aromatic nitrogens is 1. The number of pyridine rings is 1. The highest BCUT2D eigenvalue weighted by Crippen LogP contribution is 2.39. The van der Waals surface area contributed by atoms with Crippen LogP contribution in [0.25, 0.3) is 10.9 Å². The molecular weight excluding hydrogens is 332 g/mol. The number of benzene rings is 2. The van der Waals surface area contributed by atoms with Crippen molar-refractivity contribution in [2.75, 3.05) is 26.6 Å². The molecule has 6 nitrogen and oxygen atoms in total. The Bertz CT molecular complexity index is 970. The van der Waals surface area contributed by atoms with Crippen LogP contribution < -0.4 is 25.1 Å². The molecule has 1 heterocycles. The summed E-state index contributed by atoms with van der Waals surface area (Å²) in [7, 11) is 4.69. The van der Waals surface area contributed by atoms with Gasteiger partial charge in [-0.05, 0) is 23.9 Å². The molecule has 0 saturated heterocycles. The Morgan fingerprint density at radius 1 is 1.00 bits per heavy atom. The molecule has 0 aliphatic rings. The van der Waals surface area contributed by atoms with E-state index in [0.29, 0.717) is 29.4 Å². The summed E-state index contributed by atoms with van der Waals surface area (Å²) in [6.07, 6.45) is 0. The smallest absolute Gasteiger partial charge is 0.253 e. The summed E-state index contributed by atoms with van der Waals surface area (Å²) in [6.45, 7) is 2.35. The van der Waals surface area contributed by atoms with Crippen molar-refractivity contribution < 1.29 is 14.2 Å². The van der Waals surface area contributed by atoms with E-state index >= 15 is 0 Å². The average molecular weight is 354 g/mol. The van der Waals surface area contributed by atoms with E-state index in [1.807, 2.05) is 31.2 Å². The molecule has 0 aliphatic heterocycles. The third kappa shape index (κ3) is 3.31. The van der Waals surface area contributed by atoms with Crippen LogP contribution in [0.4, 0.5) is 5.69 Å². The molecule has 136 valence electrons. The lowest BCUT2D eigenvalue weighted by Crippen LogP contribution is -2.16. The molecule has 6 heteroatoms.